The van der Waals surface area contributed by atoms with Crippen molar-refractivity contribution >= 4 is 23.2 Å². The van der Waals surface area contributed by atoms with Crippen molar-refractivity contribution in [2.24, 2.45) is 0 Å². The molecule has 0 saturated carbocycles. The van der Waals surface area contributed by atoms with Crippen LogP contribution in [0.15, 0.2) is 18.2 Å². The molecule has 20 heavy (non-hydrogen) atoms. The molecular formula is C15H19Cl2NO2. The molecule has 1 aromatic carbocycles. The molecule has 0 aliphatic rings. The molecule has 2 N–H and O–H groups in total. The van der Waals surface area contributed by atoms with E-state index < -0.39 is 6.10 Å². The molecule has 0 saturated heterocycles. The maximum atomic E-state index is 9.85. The Hall–Kier alpha value is -0.920. The zero-order valence-corrected chi connectivity index (χ0v) is 12.9. The summed E-state index contributed by atoms with van der Waals surface area (Å²) in [6.45, 7) is 2.55. The van der Waals surface area contributed by atoms with Crippen LogP contribution in [-0.4, -0.2) is 30.4 Å². The molecular weight excluding hydrogens is 297 g/mol. The van der Waals surface area contributed by atoms with E-state index in [1.54, 1.807) is 18.2 Å². The number of aliphatic hydroxyl groups is 1. The van der Waals surface area contributed by atoms with Crippen molar-refractivity contribution in [1.29, 1.82) is 0 Å². The number of terminal acetylenes is 1. The highest BCUT2D eigenvalue weighted by molar-refractivity contribution is 6.34. The Balaban J connectivity index is 2.38. The zero-order chi connectivity index (χ0) is 15.0. The summed E-state index contributed by atoms with van der Waals surface area (Å²) in [6, 6.07) is 4.92. The van der Waals surface area contributed by atoms with E-state index in [2.05, 4.69) is 18.2 Å². The van der Waals surface area contributed by atoms with Gasteiger partial charge in [-0.2, -0.15) is 0 Å². The summed E-state index contributed by atoms with van der Waals surface area (Å²) in [7, 11) is 0. The SMILES string of the molecule is C#CC(CCC)NCC(O)COc1cc(Cl)ccc1Cl. The van der Waals surface area contributed by atoms with Gasteiger partial charge in [0.1, 0.15) is 18.5 Å². The number of rotatable bonds is 8. The molecule has 0 heterocycles. The summed E-state index contributed by atoms with van der Waals surface area (Å²) in [5.41, 5.74) is 0. The summed E-state index contributed by atoms with van der Waals surface area (Å²) in [5, 5.41) is 14.0. The monoisotopic (exact) mass is 315 g/mol. The number of hydrogen-bond acceptors (Lipinski definition) is 3. The Kier molecular flexibility index (Phi) is 7.79. The van der Waals surface area contributed by atoms with E-state index in [-0.39, 0.29) is 12.6 Å². The summed E-state index contributed by atoms with van der Waals surface area (Å²) in [4.78, 5) is 0. The smallest absolute Gasteiger partial charge is 0.139 e. The normalized spacial score (nSPS) is 13.6. The highest BCUT2D eigenvalue weighted by Crippen LogP contribution is 2.27. The molecule has 0 amide bonds. The Morgan fingerprint density at radius 1 is 1.45 bits per heavy atom. The van der Waals surface area contributed by atoms with Gasteiger partial charge in [-0.05, 0) is 18.6 Å². The molecule has 110 valence electrons. The molecule has 0 aliphatic carbocycles. The lowest BCUT2D eigenvalue weighted by atomic mass is 10.2. The van der Waals surface area contributed by atoms with Crippen LogP contribution in [0.25, 0.3) is 0 Å². The van der Waals surface area contributed by atoms with Crippen molar-refractivity contribution in [2.45, 2.75) is 31.9 Å². The second-order valence-electron chi connectivity index (χ2n) is 4.46. The van der Waals surface area contributed by atoms with Crippen LogP contribution in [-0.2, 0) is 0 Å². The van der Waals surface area contributed by atoms with Gasteiger partial charge in [-0.1, -0.05) is 42.5 Å². The standard InChI is InChI=1S/C15H19Cl2NO2/c1-3-5-12(4-2)18-9-13(19)10-20-15-8-11(16)6-7-14(15)17/h2,6-8,12-13,18-19H,3,5,9-10H2,1H3. The zero-order valence-electron chi connectivity index (χ0n) is 11.4. The predicted octanol–water partition coefficient (Wildman–Crippen LogP) is 3.12. The van der Waals surface area contributed by atoms with Gasteiger partial charge in [0.05, 0.1) is 11.1 Å². The van der Waals surface area contributed by atoms with E-state index in [4.69, 9.17) is 34.4 Å². The number of aliphatic hydroxyl groups excluding tert-OH is 1. The number of nitrogens with one attached hydrogen (secondary N) is 1. The fraction of sp³-hybridized carbons (Fsp3) is 0.467. The van der Waals surface area contributed by atoms with Gasteiger partial charge in [0.2, 0.25) is 0 Å². The van der Waals surface area contributed by atoms with Crippen LogP contribution in [0.1, 0.15) is 19.8 Å². The predicted molar refractivity (Wildman–Crippen MR) is 83.5 cm³/mol. The summed E-state index contributed by atoms with van der Waals surface area (Å²) in [6.07, 6.45) is 6.59. The first-order valence-corrected chi connectivity index (χ1v) is 7.27. The molecule has 1 aromatic rings. The van der Waals surface area contributed by atoms with Gasteiger partial charge >= 0.3 is 0 Å². The van der Waals surface area contributed by atoms with E-state index in [0.29, 0.717) is 22.3 Å². The maximum Gasteiger partial charge on any atom is 0.139 e. The minimum Gasteiger partial charge on any atom is -0.489 e. The first-order valence-electron chi connectivity index (χ1n) is 6.52. The third kappa shape index (κ3) is 6.02. The van der Waals surface area contributed by atoms with E-state index in [1.165, 1.54) is 0 Å². The maximum absolute atomic E-state index is 9.85. The quantitative estimate of drug-likeness (QED) is 0.724. The van der Waals surface area contributed by atoms with Gasteiger partial charge in [0, 0.05) is 17.6 Å². The Bertz CT molecular complexity index is 460. The summed E-state index contributed by atoms with van der Waals surface area (Å²) >= 11 is 11.8. The molecule has 2 unspecified atom stereocenters. The molecule has 0 radical (unpaired) electrons. The van der Waals surface area contributed by atoms with E-state index in [1.807, 2.05) is 0 Å². The van der Waals surface area contributed by atoms with Crippen molar-refractivity contribution in [3.63, 3.8) is 0 Å². The average Bonchev–Trinajstić information content (AvgIpc) is 2.44. The van der Waals surface area contributed by atoms with Crippen LogP contribution in [0.4, 0.5) is 0 Å². The summed E-state index contributed by atoms with van der Waals surface area (Å²) in [5.74, 6) is 3.11. The molecule has 1 rings (SSSR count). The molecule has 3 nitrogen and oxygen atoms in total. The van der Waals surface area contributed by atoms with Gasteiger partial charge in [-0.15, -0.1) is 6.42 Å². The first-order chi connectivity index (χ1) is 9.56. The molecule has 2 atom stereocenters. The van der Waals surface area contributed by atoms with Gasteiger partial charge in [-0.25, -0.2) is 0 Å². The second kappa shape index (κ2) is 9.10. The van der Waals surface area contributed by atoms with Gasteiger partial charge in [0.15, 0.2) is 0 Å². The van der Waals surface area contributed by atoms with Crippen molar-refractivity contribution in [3.8, 4) is 18.1 Å². The highest BCUT2D eigenvalue weighted by atomic mass is 35.5. The topological polar surface area (TPSA) is 41.5 Å². The van der Waals surface area contributed by atoms with Gasteiger partial charge in [0.25, 0.3) is 0 Å². The molecule has 0 fully saturated rings. The lowest BCUT2D eigenvalue weighted by molar-refractivity contribution is 0.105. The second-order valence-corrected chi connectivity index (χ2v) is 5.30. The van der Waals surface area contributed by atoms with Crippen molar-refractivity contribution in [3.05, 3.63) is 28.2 Å². The lowest BCUT2D eigenvalue weighted by Crippen LogP contribution is -2.37. The van der Waals surface area contributed by atoms with Crippen molar-refractivity contribution < 1.29 is 9.84 Å². The number of halogens is 2. The average molecular weight is 316 g/mol. The van der Waals surface area contributed by atoms with Crippen LogP contribution in [0.2, 0.25) is 10.0 Å². The van der Waals surface area contributed by atoms with Gasteiger partial charge in [-0.3, -0.25) is 0 Å². The van der Waals surface area contributed by atoms with Crippen molar-refractivity contribution in [1.82, 2.24) is 5.32 Å². The minimum absolute atomic E-state index is 0.0237. The molecule has 0 aromatic heterocycles. The lowest BCUT2D eigenvalue weighted by Gasteiger charge is -2.17. The first kappa shape index (κ1) is 17.1. The van der Waals surface area contributed by atoms with Crippen LogP contribution in [0.3, 0.4) is 0 Å². The van der Waals surface area contributed by atoms with Gasteiger partial charge < -0.3 is 15.2 Å². The Morgan fingerprint density at radius 2 is 2.20 bits per heavy atom. The molecule has 0 bridgehead atoms. The minimum atomic E-state index is -0.669. The van der Waals surface area contributed by atoms with Crippen LogP contribution >= 0.6 is 23.2 Å². The molecule has 0 aliphatic heterocycles. The van der Waals surface area contributed by atoms with E-state index in [9.17, 15) is 5.11 Å². The summed E-state index contributed by atoms with van der Waals surface area (Å²) < 4.78 is 5.45. The van der Waals surface area contributed by atoms with E-state index >= 15 is 0 Å². The van der Waals surface area contributed by atoms with Crippen molar-refractivity contribution in [2.75, 3.05) is 13.2 Å². The van der Waals surface area contributed by atoms with Crippen LogP contribution in [0.5, 0.6) is 5.75 Å². The fourth-order valence-corrected chi connectivity index (χ4v) is 1.98. The molecule has 5 heteroatoms. The molecule has 0 spiro atoms. The van der Waals surface area contributed by atoms with Crippen LogP contribution in [0, 0.1) is 12.3 Å². The fourth-order valence-electron chi connectivity index (χ4n) is 1.64. The van der Waals surface area contributed by atoms with Crippen LogP contribution < -0.4 is 10.1 Å². The Labute approximate surface area is 130 Å². The third-order valence-corrected chi connectivity index (χ3v) is 3.25. The number of benzene rings is 1. The number of ether oxygens (including phenoxy) is 1. The third-order valence-electron chi connectivity index (χ3n) is 2.70. The van der Waals surface area contributed by atoms with E-state index in [0.717, 1.165) is 12.8 Å². The largest absolute Gasteiger partial charge is 0.489 e. The Morgan fingerprint density at radius 3 is 2.85 bits per heavy atom. The highest BCUT2D eigenvalue weighted by Gasteiger charge is 2.10. The number of hydrogen-bond donors (Lipinski definition) is 2.